The van der Waals surface area contributed by atoms with E-state index >= 15 is 4.79 Å². The van der Waals surface area contributed by atoms with E-state index in [2.05, 4.69) is 154 Å². The van der Waals surface area contributed by atoms with Crippen LogP contribution in [0.5, 0.6) is 11.5 Å². The first-order valence-electron chi connectivity index (χ1n) is 24.7. The lowest BCUT2D eigenvalue weighted by molar-refractivity contribution is 0.0543. The lowest BCUT2D eigenvalue weighted by atomic mass is 9.52. The van der Waals surface area contributed by atoms with E-state index in [1.165, 1.54) is 119 Å². The highest BCUT2D eigenvalue weighted by Crippen LogP contribution is 2.65. The lowest BCUT2D eigenvalue weighted by Crippen LogP contribution is -2.44. The number of benzene rings is 7. The van der Waals surface area contributed by atoms with Crippen LogP contribution in [0.2, 0.25) is 0 Å². The minimum Gasteiger partial charge on any atom is -0.457 e. The fraction of sp³-hybridized carbons (Fsp3) is 0.306. The minimum absolute atomic E-state index is 0.0620. The van der Waals surface area contributed by atoms with Crippen LogP contribution in [0.4, 0.5) is 0 Å². The normalized spacial score (nSPS) is 26.4. The Morgan fingerprint density at radius 3 is 1.82 bits per heavy atom. The molecule has 4 nitrogen and oxygen atoms in total. The summed E-state index contributed by atoms with van der Waals surface area (Å²) in [6.45, 7) is 12.0. The largest absolute Gasteiger partial charge is 0.457 e. The van der Waals surface area contributed by atoms with E-state index in [0.717, 1.165) is 59.4 Å². The van der Waals surface area contributed by atoms with Gasteiger partial charge < -0.3 is 13.6 Å². The number of carbonyl (C=O) groups is 1. The second-order valence-electron chi connectivity index (χ2n) is 22.9. The lowest BCUT2D eigenvalue weighted by Gasteiger charge is -2.52. The number of Topliss-reactive ketones (excluding diaryl/α,β-unsaturated/α-hetero) is 1. The van der Waals surface area contributed by atoms with Crippen LogP contribution >= 0.6 is 0 Å². The molecule has 0 amide bonds. The van der Waals surface area contributed by atoms with Gasteiger partial charge >= 0.3 is 0 Å². The fourth-order valence-electron chi connectivity index (χ4n) is 15.8. The first kappa shape index (κ1) is 36.8. The zero-order chi connectivity index (χ0) is 44.0. The number of para-hydroxylation sites is 2. The number of rotatable bonds is 1. The predicted octanol–water partition coefficient (Wildman–Crippen LogP) is 16.0. The molecule has 1 aliphatic heterocycles. The monoisotopic (exact) mass is 857 g/mol. The van der Waals surface area contributed by atoms with Gasteiger partial charge in [-0.1, -0.05) is 101 Å². The van der Waals surface area contributed by atoms with Crippen molar-refractivity contribution in [2.24, 2.45) is 11.3 Å². The average Bonchev–Trinajstić information content (AvgIpc) is 4.03. The Hall–Kier alpha value is -6.39. The highest BCUT2D eigenvalue weighted by atomic mass is 16.5. The molecule has 0 radical (unpaired) electrons. The van der Waals surface area contributed by atoms with Gasteiger partial charge in [-0.05, 0) is 161 Å². The highest BCUT2D eigenvalue weighted by molar-refractivity contribution is 6.35. The van der Waals surface area contributed by atoms with Crippen LogP contribution in [0.25, 0.3) is 71.2 Å². The third-order valence-electron chi connectivity index (χ3n) is 19.7. The van der Waals surface area contributed by atoms with Crippen molar-refractivity contribution in [2.45, 2.75) is 108 Å². The molecule has 4 heterocycles. The van der Waals surface area contributed by atoms with Gasteiger partial charge in [0.1, 0.15) is 22.7 Å². The number of furan rings is 1. The van der Waals surface area contributed by atoms with Gasteiger partial charge in [0.05, 0.1) is 27.4 Å². The molecule has 3 aromatic heterocycles. The SMILES string of the molecule is CC(C)C12CCC(C)(CC1)c1cc3c4c5oc6cc7c(cc6c5cc5c6c8c(ccc6n(c3cc1C2=O)c54)C1(c2ccccc2Oc2ccccc21)c1ccccc1-8)C1(C)CCC7(C)CC1. The zero-order valence-electron chi connectivity index (χ0n) is 38.4. The fourth-order valence-corrected chi connectivity index (χ4v) is 15.8. The van der Waals surface area contributed by atoms with Crippen molar-refractivity contribution in [2.75, 3.05) is 0 Å². The van der Waals surface area contributed by atoms with Crippen molar-refractivity contribution >= 4 is 65.8 Å². The first-order chi connectivity index (χ1) is 32.0. The molecule has 7 aliphatic carbocycles. The van der Waals surface area contributed by atoms with E-state index in [9.17, 15) is 0 Å². The Kier molecular flexibility index (Phi) is 6.36. The number of hydrogen-bond acceptors (Lipinski definition) is 3. The summed E-state index contributed by atoms with van der Waals surface area (Å²) >= 11 is 0. The Morgan fingerprint density at radius 2 is 1.12 bits per heavy atom. The van der Waals surface area contributed by atoms with E-state index in [1.54, 1.807) is 0 Å². The van der Waals surface area contributed by atoms with E-state index in [4.69, 9.17) is 9.15 Å². The minimum atomic E-state index is -0.579. The summed E-state index contributed by atoms with van der Waals surface area (Å²) in [6, 6.07) is 43.5. The van der Waals surface area contributed by atoms with Crippen molar-refractivity contribution < 1.29 is 13.9 Å². The summed E-state index contributed by atoms with van der Waals surface area (Å²) in [5, 5.41) is 7.30. The van der Waals surface area contributed by atoms with E-state index < -0.39 is 5.41 Å². The van der Waals surface area contributed by atoms with E-state index in [-0.39, 0.29) is 27.6 Å². The summed E-state index contributed by atoms with van der Waals surface area (Å²) in [5.74, 6) is 2.43. The highest BCUT2D eigenvalue weighted by Gasteiger charge is 2.54. The standard InChI is InChI=1S/C62H51NO3/c1-33(2)61-26-24-58(3,25-27-61)44-30-38-48(31-37(44)57(61)64)63-47-19-18-43-52(34-12-6-7-13-40(34)62(43)41-14-8-10-16-49(41)65-50-17-11-9-15-42(50)62)53(47)39-28-36-35-29-45-46(60(5)22-20-59(45,4)21-23-60)32-51(35)66-56(36)54(38)55(39)63/h6-19,28-33H,20-27H2,1-5H3. The summed E-state index contributed by atoms with van der Waals surface area (Å²) in [4.78, 5) is 15.3. The second kappa shape index (κ2) is 11.4. The van der Waals surface area contributed by atoms with Crippen LogP contribution in [0.15, 0.2) is 120 Å². The molecule has 8 aliphatic rings. The quantitative estimate of drug-likeness (QED) is 0.165. The number of ether oxygens (including phenoxy) is 1. The number of nitrogens with zero attached hydrogens (tertiary/aromatic N) is 1. The molecule has 0 atom stereocenters. The van der Waals surface area contributed by atoms with Gasteiger partial charge in [0, 0.05) is 49.0 Å². The molecule has 0 saturated heterocycles. The van der Waals surface area contributed by atoms with Crippen molar-refractivity contribution in [3.63, 3.8) is 0 Å². The maximum absolute atomic E-state index is 15.3. The molecular weight excluding hydrogens is 807 g/mol. The molecule has 7 aromatic carbocycles. The molecule has 0 unspecified atom stereocenters. The molecular formula is C62H51NO3. The number of ketones is 1. The Bertz CT molecular complexity index is 3870. The van der Waals surface area contributed by atoms with Crippen LogP contribution in [0, 0.1) is 11.3 Å². The molecule has 0 N–H and O–H groups in total. The number of fused-ring (bicyclic) bond motifs is 24. The topological polar surface area (TPSA) is 43.9 Å². The average molecular weight is 858 g/mol. The molecule has 2 saturated carbocycles. The third-order valence-corrected chi connectivity index (χ3v) is 19.7. The Labute approximate surface area is 383 Å². The summed E-state index contributed by atoms with van der Waals surface area (Å²) in [6.07, 6.45) is 8.92. The van der Waals surface area contributed by atoms with Crippen molar-refractivity contribution in [1.82, 2.24) is 4.40 Å². The number of aromatic nitrogens is 1. The molecule has 18 rings (SSSR count). The molecule has 10 aromatic rings. The van der Waals surface area contributed by atoms with Gasteiger partial charge in [0.2, 0.25) is 0 Å². The van der Waals surface area contributed by atoms with Gasteiger partial charge in [-0.25, -0.2) is 0 Å². The molecule has 4 bridgehead atoms. The maximum Gasteiger partial charge on any atom is 0.169 e. The van der Waals surface area contributed by atoms with Gasteiger partial charge in [-0.15, -0.1) is 0 Å². The second-order valence-corrected chi connectivity index (χ2v) is 22.9. The molecule has 1 spiro atoms. The molecule has 2 fully saturated rings. The molecule has 322 valence electrons. The summed E-state index contributed by atoms with van der Waals surface area (Å²) in [7, 11) is 0. The van der Waals surface area contributed by atoms with Crippen molar-refractivity contribution in [3.05, 3.63) is 160 Å². The van der Waals surface area contributed by atoms with Gasteiger partial charge in [-0.3, -0.25) is 4.79 Å². The Balaban J connectivity index is 1.10. The van der Waals surface area contributed by atoms with Gasteiger partial charge in [0.25, 0.3) is 0 Å². The molecule has 66 heavy (non-hydrogen) atoms. The Morgan fingerprint density at radius 1 is 0.515 bits per heavy atom. The first-order valence-corrected chi connectivity index (χ1v) is 24.7. The van der Waals surface area contributed by atoms with Crippen molar-refractivity contribution in [1.29, 1.82) is 0 Å². The smallest absolute Gasteiger partial charge is 0.169 e. The number of carbonyl (C=O) groups excluding carboxylic acids is 1. The van der Waals surface area contributed by atoms with Crippen LogP contribution in [0.1, 0.15) is 135 Å². The van der Waals surface area contributed by atoms with Crippen LogP contribution in [0.3, 0.4) is 0 Å². The van der Waals surface area contributed by atoms with Crippen molar-refractivity contribution in [3.8, 4) is 22.6 Å². The number of hydrogen-bond donors (Lipinski definition) is 0. The van der Waals surface area contributed by atoms with Gasteiger partial charge in [-0.2, -0.15) is 0 Å². The van der Waals surface area contributed by atoms with Crippen LogP contribution in [-0.4, -0.2) is 10.2 Å². The van der Waals surface area contributed by atoms with E-state index in [0.29, 0.717) is 5.78 Å². The van der Waals surface area contributed by atoms with Gasteiger partial charge in [0.15, 0.2) is 5.78 Å². The third kappa shape index (κ3) is 3.90. The summed E-state index contributed by atoms with van der Waals surface area (Å²) in [5.41, 5.74) is 17.5. The maximum atomic E-state index is 15.3. The summed E-state index contributed by atoms with van der Waals surface area (Å²) < 4.78 is 16.6. The van der Waals surface area contributed by atoms with Crippen LogP contribution < -0.4 is 4.74 Å². The molecule has 4 heteroatoms. The predicted molar refractivity (Wildman–Crippen MR) is 266 cm³/mol. The zero-order valence-corrected chi connectivity index (χ0v) is 38.4. The van der Waals surface area contributed by atoms with Crippen LogP contribution in [-0.2, 0) is 21.7 Å². The van der Waals surface area contributed by atoms with E-state index in [1.807, 2.05) is 0 Å².